The summed E-state index contributed by atoms with van der Waals surface area (Å²) < 4.78 is 12.6. The highest BCUT2D eigenvalue weighted by Gasteiger charge is 2.07. The second kappa shape index (κ2) is 13.6. The molecular weight excluding hydrogens is 592 g/mol. The van der Waals surface area contributed by atoms with Gasteiger partial charge in [-0.3, -0.25) is 9.59 Å². The second-order valence-electron chi connectivity index (χ2n) is 7.66. The Bertz CT molecular complexity index is 1200. The summed E-state index contributed by atoms with van der Waals surface area (Å²) in [5.41, 5.74) is 8.40. The number of hydrazone groups is 2. The molecule has 0 heterocycles. The fourth-order valence-corrected chi connectivity index (χ4v) is 4.11. The lowest BCUT2D eigenvalue weighted by molar-refractivity contribution is -0.123. The third-order valence-corrected chi connectivity index (χ3v) is 5.91. The van der Waals surface area contributed by atoms with Gasteiger partial charge in [0.15, 0.2) is 13.2 Å². The summed E-state index contributed by atoms with van der Waals surface area (Å²) in [6.07, 6.45) is 2.97. The molecule has 0 radical (unpaired) electrons. The maximum absolute atomic E-state index is 12.1. The zero-order valence-corrected chi connectivity index (χ0v) is 22.8. The lowest BCUT2D eigenvalue weighted by Gasteiger charge is -2.08. The Hall–Kier alpha value is -3.50. The summed E-state index contributed by atoms with van der Waals surface area (Å²) in [7, 11) is 0. The number of hydrogen-bond donors (Lipinski definition) is 2. The predicted molar refractivity (Wildman–Crippen MR) is 147 cm³/mol. The molecule has 0 atom stereocenters. The molecule has 0 aliphatic rings. The van der Waals surface area contributed by atoms with Gasteiger partial charge in [0.05, 0.1) is 21.4 Å². The minimum Gasteiger partial charge on any atom is -0.483 e. The number of carbonyl (C=O) groups excluding carboxylic acids is 2. The molecule has 0 bridgehead atoms. The first-order chi connectivity index (χ1) is 17.3. The molecule has 186 valence electrons. The minimum absolute atomic E-state index is 0.185. The molecule has 3 aromatic carbocycles. The van der Waals surface area contributed by atoms with Crippen molar-refractivity contribution in [2.45, 2.75) is 13.8 Å². The maximum atomic E-state index is 12.1. The average molecular weight is 616 g/mol. The fourth-order valence-electron chi connectivity index (χ4n) is 2.89. The van der Waals surface area contributed by atoms with Crippen LogP contribution in [0.3, 0.4) is 0 Å². The smallest absolute Gasteiger partial charge is 0.277 e. The summed E-state index contributed by atoms with van der Waals surface area (Å²) in [6.45, 7) is 3.56. The first kappa shape index (κ1) is 27.1. The number of ether oxygens (including phenoxy) is 2. The molecule has 2 amide bonds. The summed E-state index contributed by atoms with van der Waals surface area (Å²) in [5.74, 6) is 0.329. The molecule has 0 unspecified atom stereocenters. The van der Waals surface area contributed by atoms with Gasteiger partial charge in [-0.15, -0.1) is 0 Å². The van der Waals surface area contributed by atoms with Crippen molar-refractivity contribution in [2.75, 3.05) is 13.2 Å². The molecular formula is C26H24Br2N4O4. The van der Waals surface area contributed by atoms with Gasteiger partial charge in [0.2, 0.25) is 0 Å². The standard InChI is InChI=1S/C26H24Br2N4O4/c1-17-7-9-23(21(27)11-17)35-15-25(33)31-29-13-19-5-3-4-6-20(19)14-30-32-26(34)16-36-24-10-8-18(2)12-22(24)28/h3-14H,15-16H2,1-2H3,(H,31,33)(H,32,34)/b29-13+,30-14+. The largest absolute Gasteiger partial charge is 0.483 e. The van der Waals surface area contributed by atoms with Crippen LogP contribution in [0.25, 0.3) is 0 Å². The minimum atomic E-state index is -0.405. The normalized spacial score (nSPS) is 11.0. The molecule has 0 aliphatic heterocycles. The lowest BCUT2D eigenvalue weighted by atomic mass is 10.1. The molecule has 0 spiro atoms. The highest BCUT2D eigenvalue weighted by Crippen LogP contribution is 2.26. The average Bonchev–Trinajstić information content (AvgIpc) is 2.84. The zero-order chi connectivity index (χ0) is 25.9. The van der Waals surface area contributed by atoms with Gasteiger partial charge in [0, 0.05) is 11.1 Å². The predicted octanol–water partition coefficient (Wildman–Crippen LogP) is 4.89. The van der Waals surface area contributed by atoms with Crippen LogP contribution < -0.4 is 20.3 Å². The molecule has 0 saturated heterocycles. The molecule has 3 aromatic rings. The van der Waals surface area contributed by atoms with E-state index in [0.29, 0.717) is 22.6 Å². The summed E-state index contributed by atoms with van der Waals surface area (Å²) in [4.78, 5) is 24.1. The Morgan fingerprint density at radius 3 is 1.56 bits per heavy atom. The second-order valence-corrected chi connectivity index (χ2v) is 9.37. The van der Waals surface area contributed by atoms with Crippen molar-refractivity contribution in [1.82, 2.24) is 10.9 Å². The zero-order valence-electron chi connectivity index (χ0n) is 19.6. The van der Waals surface area contributed by atoms with Crippen molar-refractivity contribution in [3.05, 3.63) is 91.9 Å². The van der Waals surface area contributed by atoms with E-state index >= 15 is 0 Å². The third-order valence-electron chi connectivity index (χ3n) is 4.67. The molecule has 36 heavy (non-hydrogen) atoms. The van der Waals surface area contributed by atoms with E-state index in [1.165, 1.54) is 12.4 Å². The Kier molecular flexibility index (Phi) is 10.2. The third kappa shape index (κ3) is 8.62. The number of hydrogen-bond acceptors (Lipinski definition) is 6. The maximum Gasteiger partial charge on any atom is 0.277 e. The molecule has 0 saturated carbocycles. The van der Waals surface area contributed by atoms with Crippen LogP contribution in [-0.2, 0) is 9.59 Å². The van der Waals surface area contributed by atoms with Gasteiger partial charge >= 0.3 is 0 Å². The van der Waals surface area contributed by atoms with Crippen molar-refractivity contribution in [1.29, 1.82) is 0 Å². The van der Waals surface area contributed by atoms with Crippen LogP contribution in [0.15, 0.2) is 79.8 Å². The van der Waals surface area contributed by atoms with E-state index in [-0.39, 0.29) is 13.2 Å². The lowest BCUT2D eigenvalue weighted by Crippen LogP contribution is -2.25. The van der Waals surface area contributed by atoms with Crippen LogP contribution in [0.4, 0.5) is 0 Å². The van der Waals surface area contributed by atoms with Crippen LogP contribution in [0.1, 0.15) is 22.3 Å². The molecule has 8 nitrogen and oxygen atoms in total. The Balaban J connectivity index is 1.48. The first-order valence-corrected chi connectivity index (χ1v) is 12.4. The fraction of sp³-hybridized carbons (Fsp3) is 0.154. The topological polar surface area (TPSA) is 101 Å². The molecule has 0 fully saturated rings. The molecule has 3 rings (SSSR count). The number of aryl methyl sites for hydroxylation is 2. The Morgan fingerprint density at radius 2 is 1.17 bits per heavy atom. The Labute approximate surface area is 226 Å². The van der Waals surface area contributed by atoms with Crippen LogP contribution >= 0.6 is 31.9 Å². The van der Waals surface area contributed by atoms with Crippen molar-refractivity contribution in [2.24, 2.45) is 10.2 Å². The van der Waals surface area contributed by atoms with Crippen LogP contribution in [0.2, 0.25) is 0 Å². The monoisotopic (exact) mass is 614 g/mol. The van der Waals surface area contributed by atoms with Crippen LogP contribution in [0, 0.1) is 13.8 Å². The quantitative estimate of drug-likeness (QED) is 0.251. The van der Waals surface area contributed by atoms with E-state index in [4.69, 9.17) is 9.47 Å². The van der Waals surface area contributed by atoms with Crippen molar-refractivity contribution in [3.8, 4) is 11.5 Å². The molecule has 0 aliphatic carbocycles. The van der Waals surface area contributed by atoms with E-state index in [1.807, 2.05) is 50.2 Å². The number of benzene rings is 3. The summed E-state index contributed by atoms with van der Waals surface area (Å²) >= 11 is 6.82. The van der Waals surface area contributed by atoms with E-state index in [2.05, 4.69) is 52.9 Å². The number of amides is 2. The number of nitrogens with one attached hydrogen (secondary N) is 2. The Morgan fingerprint density at radius 1 is 0.750 bits per heavy atom. The SMILES string of the molecule is Cc1ccc(OCC(=O)N/N=C/c2ccccc2/C=N/NC(=O)COc2ccc(C)cc2Br)c(Br)c1. The van der Waals surface area contributed by atoms with Crippen molar-refractivity contribution in [3.63, 3.8) is 0 Å². The van der Waals surface area contributed by atoms with Gasteiger partial charge < -0.3 is 9.47 Å². The van der Waals surface area contributed by atoms with E-state index in [9.17, 15) is 9.59 Å². The van der Waals surface area contributed by atoms with Gasteiger partial charge in [0.25, 0.3) is 11.8 Å². The van der Waals surface area contributed by atoms with Crippen LogP contribution in [0.5, 0.6) is 11.5 Å². The van der Waals surface area contributed by atoms with E-state index < -0.39 is 11.8 Å². The van der Waals surface area contributed by atoms with Crippen molar-refractivity contribution < 1.29 is 19.1 Å². The molecule has 10 heteroatoms. The number of carbonyl (C=O) groups is 2. The molecule has 0 aromatic heterocycles. The van der Waals surface area contributed by atoms with Crippen LogP contribution in [-0.4, -0.2) is 37.5 Å². The first-order valence-electron chi connectivity index (χ1n) is 10.8. The number of halogens is 2. The highest BCUT2D eigenvalue weighted by molar-refractivity contribution is 9.10. The van der Waals surface area contributed by atoms with E-state index in [1.54, 1.807) is 24.3 Å². The van der Waals surface area contributed by atoms with Gasteiger partial charge in [-0.2, -0.15) is 10.2 Å². The van der Waals surface area contributed by atoms with Gasteiger partial charge in [0.1, 0.15) is 11.5 Å². The molecule has 2 N–H and O–H groups in total. The highest BCUT2D eigenvalue weighted by atomic mass is 79.9. The van der Waals surface area contributed by atoms with Gasteiger partial charge in [-0.25, -0.2) is 10.9 Å². The number of rotatable bonds is 10. The van der Waals surface area contributed by atoms with Gasteiger partial charge in [-0.1, -0.05) is 36.4 Å². The van der Waals surface area contributed by atoms with Crippen molar-refractivity contribution >= 4 is 56.1 Å². The van der Waals surface area contributed by atoms with E-state index in [0.717, 1.165) is 20.1 Å². The number of nitrogens with zero attached hydrogens (tertiary/aromatic N) is 2. The summed E-state index contributed by atoms with van der Waals surface area (Å²) in [5, 5.41) is 7.96. The van der Waals surface area contributed by atoms with Gasteiger partial charge in [-0.05, 0) is 81.1 Å². The summed E-state index contributed by atoms with van der Waals surface area (Å²) in [6, 6.07) is 18.4.